The van der Waals surface area contributed by atoms with Gasteiger partial charge < -0.3 is 9.84 Å². The van der Waals surface area contributed by atoms with Gasteiger partial charge in [-0.1, -0.05) is 48.9 Å². The predicted molar refractivity (Wildman–Crippen MR) is 82.9 cm³/mol. The maximum atomic E-state index is 11.0. The van der Waals surface area contributed by atoms with E-state index < -0.39 is 5.97 Å². The number of carbonyl (C=O) groups excluding carboxylic acids is 1. The smallest absolute Gasteiger partial charge is 0.305 e. The van der Waals surface area contributed by atoms with E-state index in [2.05, 4.69) is 6.58 Å². The van der Waals surface area contributed by atoms with Gasteiger partial charge in [-0.3, -0.25) is 9.59 Å². The van der Waals surface area contributed by atoms with E-state index in [0.29, 0.717) is 32.3 Å². The molecule has 0 aliphatic rings. The van der Waals surface area contributed by atoms with E-state index in [1.807, 2.05) is 36.4 Å². The molecular formula is C17H24O4. The van der Waals surface area contributed by atoms with Gasteiger partial charge in [0.15, 0.2) is 0 Å². The van der Waals surface area contributed by atoms with Crippen LogP contribution < -0.4 is 0 Å². The highest BCUT2D eigenvalue weighted by molar-refractivity contribution is 5.69. The van der Waals surface area contributed by atoms with Gasteiger partial charge in [-0.15, -0.1) is 6.58 Å². The van der Waals surface area contributed by atoms with Crippen molar-refractivity contribution in [2.75, 3.05) is 6.61 Å². The van der Waals surface area contributed by atoms with Crippen molar-refractivity contribution >= 4 is 11.9 Å². The summed E-state index contributed by atoms with van der Waals surface area (Å²) in [6, 6.07) is 12.0. The Morgan fingerprint density at radius 2 is 1.48 bits per heavy atom. The van der Waals surface area contributed by atoms with E-state index in [1.165, 1.54) is 0 Å². The van der Waals surface area contributed by atoms with Crippen LogP contribution in [-0.4, -0.2) is 23.7 Å². The van der Waals surface area contributed by atoms with E-state index in [1.54, 1.807) is 6.08 Å². The molecule has 0 aromatic heterocycles. The van der Waals surface area contributed by atoms with Crippen LogP contribution in [0.15, 0.2) is 49.1 Å². The van der Waals surface area contributed by atoms with E-state index in [9.17, 15) is 9.59 Å². The van der Waals surface area contributed by atoms with E-state index in [0.717, 1.165) is 6.42 Å². The third-order valence-corrected chi connectivity index (χ3v) is 2.52. The lowest BCUT2D eigenvalue weighted by Gasteiger charge is -2.02. The lowest BCUT2D eigenvalue weighted by Crippen LogP contribution is -2.05. The number of carboxylic acid groups (broad SMARTS) is 1. The van der Waals surface area contributed by atoms with Crippen LogP contribution in [0.5, 0.6) is 0 Å². The maximum Gasteiger partial charge on any atom is 0.305 e. The second-order valence-electron chi connectivity index (χ2n) is 4.41. The highest BCUT2D eigenvalue weighted by atomic mass is 16.5. The quantitative estimate of drug-likeness (QED) is 0.427. The number of carboxylic acids is 1. The van der Waals surface area contributed by atoms with Crippen molar-refractivity contribution in [2.45, 2.75) is 38.5 Å². The average molecular weight is 292 g/mol. The molecule has 0 radical (unpaired) electrons. The molecular weight excluding hydrogens is 268 g/mol. The maximum absolute atomic E-state index is 11.0. The summed E-state index contributed by atoms with van der Waals surface area (Å²) in [5.41, 5.74) is 0. The Labute approximate surface area is 126 Å². The van der Waals surface area contributed by atoms with Gasteiger partial charge in [0.25, 0.3) is 0 Å². The second-order valence-corrected chi connectivity index (χ2v) is 4.41. The minimum atomic E-state index is -0.788. The summed E-state index contributed by atoms with van der Waals surface area (Å²) in [6.07, 6.45) is 4.98. The summed E-state index contributed by atoms with van der Waals surface area (Å²) in [4.78, 5) is 21.2. The van der Waals surface area contributed by atoms with Crippen LogP contribution in [0.25, 0.3) is 0 Å². The lowest BCUT2D eigenvalue weighted by molar-refractivity contribution is -0.143. The summed E-state index contributed by atoms with van der Waals surface area (Å²) in [5.74, 6) is -1.00. The molecule has 4 nitrogen and oxygen atoms in total. The molecule has 1 aromatic carbocycles. The first-order valence-corrected chi connectivity index (χ1v) is 7.15. The minimum absolute atomic E-state index is 0.172. The average Bonchev–Trinajstić information content (AvgIpc) is 2.49. The number of hydrogen-bond acceptors (Lipinski definition) is 3. The Morgan fingerprint density at radius 1 is 0.952 bits per heavy atom. The number of ether oxygens (including phenoxy) is 1. The van der Waals surface area contributed by atoms with Crippen molar-refractivity contribution in [3.05, 3.63) is 49.1 Å². The van der Waals surface area contributed by atoms with Gasteiger partial charge in [0, 0.05) is 12.8 Å². The molecule has 0 saturated heterocycles. The van der Waals surface area contributed by atoms with Crippen molar-refractivity contribution in [1.29, 1.82) is 0 Å². The highest BCUT2D eigenvalue weighted by Crippen LogP contribution is 2.04. The number of rotatable bonds is 9. The van der Waals surface area contributed by atoms with Gasteiger partial charge in [0.1, 0.15) is 0 Å². The van der Waals surface area contributed by atoms with Gasteiger partial charge in [-0.25, -0.2) is 0 Å². The first-order chi connectivity index (χ1) is 10.2. The van der Waals surface area contributed by atoms with Gasteiger partial charge in [0.05, 0.1) is 6.61 Å². The second kappa shape index (κ2) is 14.3. The molecule has 0 spiro atoms. The molecule has 0 fully saturated rings. The molecule has 0 amide bonds. The van der Waals surface area contributed by atoms with Crippen LogP contribution in [-0.2, 0) is 14.3 Å². The molecule has 0 atom stereocenters. The number of benzene rings is 1. The SMILES string of the molecule is C=CCCOC(=O)CCCCCC(=O)O.c1ccccc1. The summed E-state index contributed by atoms with van der Waals surface area (Å²) < 4.78 is 4.88. The number of esters is 1. The van der Waals surface area contributed by atoms with Crippen LogP contribution in [0.1, 0.15) is 38.5 Å². The molecule has 21 heavy (non-hydrogen) atoms. The normalized spacial score (nSPS) is 9.14. The summed E-state index contributed by atoms with van der Waals surface area (Å²) in [7, 11) is 0. The molecule has 0 heterocycles. The fourth-order valence-electron chi connectivity index (χ4n) is 1.44. The van der Waals surface area contributed by atoms with Gasteiger partial charge in [-0.05, 0) is 19.3 Å². The minimum Gasteiger partial charge on any atom is -0.481 e. The van der Waals surface area contributed by atoms with Crippen molar-refractivity contribution < 1.29 is 19.4 Å². The Kier molecular flexibility index (Phi) is 12.9. The van der Waals surface area contributed by atoms with E-state index >= 15 is 0 Å². The number of unbranched alkanes of at least 4 members (excludes halogenated alkanes) is 2. The van der Waals surface area contributed by atoms with E-state index in [4.69, 9.17) is 9.84 Å². The monoisotopic (exact) mass is 292 g/mol. The van der Waals surface area contributed by atoms with Crippen molar-refractivity contribution in [1.82, 2.24) is 0 Å². The fraction of sp³-hybridized carbons (Fsp3) is 0.412. The van der Waals surface area contributed by atoms with Crippen LogP contribution >= 0.6 is 0 Å². The number of carbonyl (C=O) groups is 2. The Bertz CT molecular complexity index is 360. The zero-order chi connectivity index (χ0) is 15.8. The Balaban J connectivity index is 0.000000547. The largest absolute Gasteiger partial charge is 0.481 e. The zero-order valence-electron chi connectivity index (χ0n) is 12.4. The molecule has 0 unspecified atom stereocenters. The van der Waals surface area contributed by atoms with Gasteiger partial charge in [0.2, 0.25) is 0 Å². The molecule has 0 bridgehead atoms. The molecule has 1 rings (SSSR count). The highest BCUT2D eigenvalue weighted by Gasteiger charge is 2.02. The Morgan fingerprint density at radius 3 is 1.95 bits per heavy atom. The number of hydrogen-bond donors (Lipinski definition) is 1. The molecule has 1 aromatic rings. The summed E-state index contributed by atoms with van der Waals surface area (Å²) in [6.45, 7) is 3.90. The molecule has 1 N–H and O–H groups in total. The summed E-state index contributed by atoms with van der Waals surface area (Å²) >= 11 is 0. The zero-order valence-corrected chi connectivity index (χ0v) is 12.4. The first-order valence-electron chi connectivity index (χ1n) is 7.15. The Hall–Kier alpha value is -2.10. The van der Waals surface area contributed by atoms with Gasteiger partial charge >= 0.3 is 11.9 Å². The fourth-order valence-corrected chi connectivity index (χ4v) is 1.44. The van der Waals surface area contributed by atoms with Crippen molar-refractivity contribution in [3.63, 3.8) is 0 Å². The topological polar surface area (TPSA) is 63.6 Å². The van der Waals surface area contributed by atoms with Gasteiger partial charge in [-0.2, -0.15) is 0 Å². The predicted octanol–water partition coefficient (Wildman–Crippen LogP) is 3.83. The third-order valence-electron chi connectivity index (χ3n) is 2.52. The standard InChI is InChI=1S/C11H18O4.C6H6/c1-2-3-9-15-11(14)8-6-4-5-7-10(12)13;1-2-4-6-5-3-1/h2H,1,3-9H2,(H,12,13);1-6H. The number of aliphatic carboxylic acids is 1. The third kappa shape index (κ3) is 15.8. The van der Waals surface area contributed by atoms with Crippen molar-refractivity contribution in [2.24, 2.45) is 0 Å². The van der Waals surface area contributed by atoms with Crippen LogP contribution in [0.3, 0.4) is 0 Å². The van der Waals surface area contributed by atoms with Crippen LogP contribution in [0.2, 0.25) is 0 Å². The van der Waals surface area contributed by atoms with Crippen molar-refractivity contribution in [3.8, 4) is 0 Å². The first kappa shape index (κ1) is 18.9. The van der Waals surface area contributed by atoms with E-state index in [-0.39, 0.29) is 12.4 Å². The lowest BCUT2D eigenvalue weighted by atomic mass is 10.1. The molecule has 0 aliphatic carbocycles. The molecule has 0 aliphatic heterocycles. The van der Waals surface area contributed by atoms with Crippen LogP contribution in [0, 0.1) is 0 Å². The molecule has 0 saturated carbocycles. The molecule has 4 heteroatoms. The molecule has 116 valence electrons. The summed E-state index contributed by atoms with van der Waals surface area (Å²) in [5, 5.41) is 8.36. The van der Waals surface area contributed by atoms with Crippen LogP contribution in [0.4, 0.5) is 0 Å².